The number of hydrogen-bond acceptors (Lipinski definition) is 2. The van der Waals surface area contributed by atoms with Gasteiger partial charge < -0.3 is 4.98 Å². The second-order valence-corrected chi connectivity index (χ2v) is 4.22. The molecule has 86 valence electrons. The minimum atomic E-state index is 0.0454. The van der Waals surface area contributed by atoms with Crippen molar-refractivity contribution in [3.05, 3.63) is 40.2 Å². The van der Waals surface area contributed by atoms with Gasteiger partial charge in [-0.25, -0.2) is 0 Å². The molecule has 0 radical (unpaired) electrons. The summed E-state index contributed by atoms with van der Waals surface area (Å²) >= 11 is 0. The SMILES string of the molecule is CCc1ccc2[nH]c3cnn(C)c3c(=O)c2c1. The molecule has 0 aliphatic rings. The average molecular weight is 227 g/mol. The maximum Gasteiger partial charge on any atom is 0.215 e. The topological polar surface area (TPSA) is 50.7 Å². The first-order valence-corrected chi connectivity index (χ1v) is 5.67. The second kappa shape index (κ2) is 3.45. The van der Waals surface area contributed by atoms with E-state index in [0.717, 1.165) is 22.8 Å². The predicted octanol–water partition coefficient (Wildman–Crippen LogP) is 1.98. The Kier molecular flexibility index (Phi) is 2.04. The lowest BCUT2D eigenvalue weighted by molar-refractivity contribution is 0.795. The van der Waals surface area contributed by atoms with Crippen LogP contribution in [0, 0.1) is 0 Å². The van der Waals surface area contributed by atoms with Crippen LogP contribution in [0.25, 0.3) is 21.9 Å². The lowest BCUT2D eigenvalue weighted by Crippen LogP contribution is -2.08. The van der Waals surface area contributed by atoms with Gasteiger partial charge in [0.1, 0.15) is 5.52 Å². The highest BCUT2D eigenvalue weighted by molar-refractivity contribution is 5.90. The molecule has 2 heterocycles. The molecule has 1 aromatic carbocycles. The maximum atomic E-state index is 12.4. The summed E-state index contributed by atoms with van der Waals surface area (Å²) in [6, 6.07) is 5.96. The Bertz CT molecular complexity index is 767. The third-order valence-corrected chi connectivity index (χ3v) is 3.16. The van der Waals surface area contributed by atoms with Crippen LogP contribution in [0.5, 0.6) is 0 Å². The lowest BCUT2D eigenvalue weighted by atomic mass is 10.1. The molecule has 1 N–H and O–H groups in total. The highest BCUT2D eigenvalue weighted by Gasteiger charge is 2.09. The Morgan fingerprint density at radius 3 is 2.94 bits per heavy atom. The first-order chi connectivity index (χ1) is 8.20. The van der Waals surface area contributed by atoms with Gasteiger partial charge in [0.05, 0.1) is 11.7 Å². The molecule has 0 atom stereocenters. The first kappa shape index (κ1) is 10.1. The van der Waals surface area contributed by atoms with Crippen molar-refractivity contribution in [2.45, 2.75) is 13.3 Å². The van der Waals surface area contributed by atoms with Crippen molar-refractivity contribution in [1.82, 2.24) is 14.8 Å². The molecular formula is C13H13N3O. The van der Waals surface area contributed by atoms with Crippen LogP contribution in [0.3, 0.4) is 0 Å². The fourth-order valence-electron chi connectivity index (χ4n) is 2.18. The highest BCUT2D eigenvalue weighted by Crippen LogP contribution is 2.15. The average Bonchev–Trinajstić information content (AvgIpc) is 2.71. The van der Waals surface area contributed by atoms with Crippen LogP contribution >= 0.6 is 0 Å². The van der Waals surface area contributed by atoms with Gasteiger partial charge in [-0.3, -0.25) is 9.48 Å². The molecule has 2 aromatic heterocycles. The molecular weight excluding hydrogens is 214 g/mol. The molecule has 17 heavy (non-hydrogen) atoms. The molecule has 3 aromatic rings. The summed E-state index contributed by atoms with van der Waals surface area (Å²) in [6.45, 7) is 2.08. The molecule has 4 heteroatoms. The zero-order chi connectivity index (χ0) is 12.0. The van der Waals surface area contributed by atoms with Crippen molar-refractivity contribution in [2.75, 3.05) is 0 Å². The molecule has 0 unspecified atom stereocenters. The molecule has 0 fully saturated rings. The van der Waals surface area contributed by atoms with Crippen molar-refractivity contribution >= 4 is 21.9 Å². The van der Waals surface area contributed by atoms with Crippen molar-refractivity contribution in [1.29, 1.82) is 0 Å². The number of aromatic nitrogens is 3. The van der Waals surface area contributed by atoms with Crippen molar-refractivity contribution in [3.8, 4) is 0 Å². The van der Waals surface area contributed by atoms with Crippen LogP contribution in [0.2, 0.25) is 0 Å². The largest absolute Gasteiger partial charge is 0.352 e. The monoisotopic (exact) mass is 227 g/mol. The summed E-state index contributed by atoms with van der Waals surface area (Å²) in [6.07, 6.45) is 2.61. The fraction of sp³-hybridized carbons (Fsp3) is 0.231. The lowest BCUT2D eigenvalue weighted by Gasteiger charge is -2.02. The third kappa shape index (κ3) is 1.37. The Hall–Kier alpha value is -2.10. The molecule has 0 spiro atoms. The predicted molar refractivity (Wildman–Crippen MR) is 68.2 cm³/mol. The van der Waals surface area contributed by atoms with E-state index in [2.05, 4.69) is 17.0 Å². The van der Waals surface area contributed by atoms with Gasteiger partial charge in [-0.05, 0) is 24.1 Å². The van der Waals surface area contributed by atoms with Gasteiger partial charge in [0.15, 0.2) is 0 Å². The Balaban J connectivity index is 2.53. The van der Waals surface area contributed by atoms with Crippen molar-refractivity contribution < 1.29 is 0 Å². The number of rotatable bonds is 1. The summed E-state index contributed by atoms with van der Waals surface area (Å²) in [5, 5.41) is 4.84. The van der Waals surface area contributed by atoms with Gasteiger partial charge in [-0.15, -0.1) is 0 Å². The van der Waals surface area contributed by atoms with Gasteiger partial charge in [0.25, 0.3) is 0 Å². The molecule has 3 rings (SSSR count). The molecule has 0 saturated carbocycles. The van der Waals surface area contributed by atoms with Crippen molar-refractivity contribution in [2.24, 2.45) is 7.05 Å². The van der Waals surface area contributed by atoms with E-state index in [1.807, 2.05) is 18.2 Å². The molecule has 0 amide bonds. The van der Waals surface area contributed by atoms with E-state index in [0.29, 0.717) is 5.52 Å². The quantitative estimate of drug-likeness (QED) is 0.691. The minimum Gasteiger partial charge on any atom is -0.352 e. The third-order valence-electron chi connectivity index (χ3n) is 3.16. The van der Waals surface area contributed by atoms with Gasteiger partial charge >= 0.3 is 0 Å². The zero-order valence-electron chi connectivity index (χ0n) is 9.82. The van der Waals surface area contributed by atoms with E-state index in [-0.39, 0.29) is 5.43 Å². The number of aryl methyl sites for hydroxylation is 2. The van der Waals surface area contributed by atoms with Crippen LogP contribution in [0.4, 0.5) is 0 Å². The number of H-pyrrole nitrogens is 1. The van der Waals surface area contributed by atoms with E-state index >= 15 is 0 Å². The van der Waals surface area contributed by atoms with Gasteiger partial charge in [-0.2, -0.15) is 5.10 Å². The van der Waals surface area contributed by atoms with E-state index in [4.69, 9.17) is 0 Å². The molecule has 0 saturated heterocycles. The zero-order valence-corrected chi connectivity index (χ0v) is 9.82. The Morgan fingerprint density at radius 1 is 1.35 bits per heavy atom. The van der Waals surface area contributed by atoms with Crippen molar-refractivity contribution in [3.63, 3.8) is 0 Å². The Morgan fingerprint density at radius 2 is 2.18 bits per heavy atom. The highest BCUT2D eigenvalue weighted by atomic mass is 16.1. The van der Waals surface area contributed by atoms with Crippen LogP contribution in [-0.2, 0) is 13.5 Å². The molecule has 0 aliphatic heterocycles. The van der Waals surface area contributed by atoms with Gasteiger partial charge in [0, 0.05) is 18.0 Å². The summed E-state index contributed by atoms with van der Waals surface area (Å²) < 4.78 is 1.62. The van der Waals surface area contributed by atoms with Crippen LogP contribution in [-0.4, -0.2) is 14.8 Å². The second-order valence-electron chi connectivity index (χ2n) is 4.22. The number of hydrogen-bond donors (Lipinski definition) is 1. The minimum absolute atomic E-state index is 0.0454. The van der Waals surface area contributed by atoms with Crippen LogP contribution < -0.4 is 5.43 Å². The summed E-state index contributed by atoms with van der Waals surface area (Å²) in [4.78, 5) is 15.6. The smallest absolute Gasteiger partial charge is 0.215 e. The van der Waals surface area contributed by atoms with E-state index < -0.39 is 0 Å². The normalized spacial score (nSPS) is 11.4. The number of pyridine rings is 1. The first-order valence-electron chi connectivity index (χ1n) is 5.67. The fourth-order valence-corrected chi connectivity index (χ4v) is 2.18. The summed E-state index contributed by atoms with van der Waals surface area (Å²) in [5.41, 5.74) is 3.50. The Labute approximate surface area is 97.9 Å². The number of nitrogens with zero attached hydrogens (tertiary/aromatic N) is 2. The van der Waals surface area contributed by atoms with E-state index in [1.165, 1.54) is 5.56 Å². The molecule has 0 aliphatic carbocycles. The standard InChI is InChI=1S/C13H13N3O/c1-3-8-4-5-10-9(6-8)13(17)12-11(15-10)7-14-16(12)2/h4-7H,3H2,1-2H3,(H,15,17). The number of benzene rings is 1. The molecule has 4 nitrogen and oxygen atoms in total. The number of aromatic amines is 1. The van der Waals surface area contributed by atoms with Crippen LogP contribution in [0.15, 0.2) is 29.2 Å². The van der Waals surface area contributed by atoms with Crippen LogP contribution in [0.1, 0.15) is 12.5 Å². The maximum absolute atomic E-state index is 12.4. The number of fused-ring (bicyclic) bond motifs is 2. The summed E-state index contributed by atoms with van der Waals surface area (Å²) in [7, 11) is 1.78. The van der Waals surface area contributed by atoms with Gasteiger partial charge in [0.2, 0.25) is 5.43 Å². The number of nitrogens with one attached hydrogen (secondary N) is 1. The van der Waals surface area contributed by atoms with E-state index in [1.54, 1.807) is 17.9 Å². The summed E-state index contributed by atoms with van der Waals surface area (Å²) in [5.74, 6) is 0. The van der Waals surface area contributed by atoms with E-state index in [9.17, 15) is 4.79 Å². The molecule has 0 bridgehead atoms. The van der Waals surface area contributed by atoms with Gasteiger partial charge in [-0.1, -0.05) is 13.0 Å².